The molecule has 1 aromatic heterocycles. The standard InChI is InChI=1S/C17H11ClN2O2S/c1-22-11-6-7-12-14(8-11)23-16(15(12)18)17(21)20-13-5-3-2-4-10(13)9-19/h2-8H,1H3,(H,20,21). The highest BCUT2D eigenvalue weighted by Gasteiger charge is 2.18. The van der Waals surface area contributed by atoms with E-state index in [4.69, 9.17) is 21.6 Å². The summed E-state index contributed by atoms with van der Waals surface area (Å²) < 4.78 is 6.05. The summed E-state index contributed by atoms with van der Waals surface area (Å²) in [7, 11) is 1.59. The van der Waals surface area contributed by atoms with Crippen LogP contribution >= 0.6 is 22.9 Å². The summed E-state index contributed by atoms with van der Waals surface area (Å²) >= 11 is 7.62. The topological polar surface area (TPSA) is 62.1 Å². The molecule has 1 amide bonds. The molecule has 0 bridgehead atoms. The van der Waals surface area contributed by atoms with Gasteiger partial charge in [-0.25, -0.2) is 0 Å². The van der Waals surface area contributed by atoms with Crippen molar-refractivity contribution in [2.24, 2.45) is 0 Å². The number of para-hydroxylation sites is 1. The SMILES string of the molecule is COc1ccc2c(Cl)c(C(=O)Nc3ccccc3C#N)sc2c1. The van der Waals surface area contributed by atoms with Gasteiger partial charge in [-0.2, -0.15) is 5.26 Å². The summed E-state index contributed by atoms with van der Waals surface area (Å²) in [6, 6.07) is 14.3. The van der Waals surface area contributed by atoms with Gasteiger partial charge in [0.05, 0.1) is 23.4 Å². The van der Waals surface area contributed by atoms with Crippen molar-refractivity contribution in [1.82, 2.24) is 0 Å². The zero-order valence-electron chi connectivity index (χ0n) is 12.1. The summed E-state index contributed by atoms with van der Waals surface area (Å²) in [6.07, 6.45) is 0. The van der Waals surface area contributed by atoms with Gasteiger partial charge in [0.15, 0.2) is 0 Å². The third kappa shape index (κ3) is 2.87. The van der Waals surface area contributed by atoms with Gasteiger partial charge in [0.1, 0.15) is 16.7 Å². The number of methoxy groups -OCH3 is 1. The molecular formula is C17H11ClN2O2S. The fourth-order valence-corrected chi connectivity index (χ4v) is 3.63. The van der Waals surface area contributed by atoms with Crippen molar-refractivity contribution >= 4 is 44.6 Å². The Labute approximate surface area is 141 Å². The quantitative estimate of drug-likeness (QED) is 0.751. The van der Waals surface area contributed by atoms with Crippen LogP contribution in [-0.4, -0.2) is 13.0 Å². The van der Waals surface area contributed by atoms with Crippen LogP contribution in [0.5, 0.6) is 5.75 Å². The number of carbonyl (C=O) groups excluding carboxylic acids is 1. The van der Waals surface area contributed by atoms with E-state index < -0.39 is 0 Å². The summed E-state index contributed by atoms with van der Waals surface area (Å²) in [5.41, 5.74) is 0.867. The average molecular weight is 343 g/mol. The number of benzene rings is 2. The van der Waals surface area contributed by atoms with Crippen molar-refractivity contribution in [3.8, 4) is 11.8 Å². The second-order valence-corrected chi connectivity index (χ2v) is 6.15. The van der Waals surface area contributed by atoms with Crippen LogP contribution in [0.3, 0.4) is 0 Å². The van der Waals surface area contributed by atoms with Crippen molar-refractivity contribution in [1.29, 1.82) is 5.26 Å². The molecule has 0 aliphatic heterocycles. The molecule has 0 saturated heterocycles. The van der Waals surface area contributed by atoms with E-state index in [1.807, 2.05) is 18.2 Å². The summed E-state index contributed by atoms with van der Waals surface area (Å²) in [4.78, 5) is 12.9. The minimum atomic E-state index is -0.335. The van der Waals surface area contributed by atoms with Crippen LogP contribution < -0.4 is 10.1 Å². The van der Waals surface area contributed by atoms with E-state index in [9.17, 15) is 4.79 Å². The molecule has 4 nitrogen and oxygen atoms in total. The number of nitrogens with zero attached hydrogens (tertiary/aromatic N) is 1. The van der Waals surface area contributed by atoms with Gasteiger partial charge < -0.3 is 10.1 Å². The van der Waals surface area contributed by atoms with Gasteiger partial charge >= 0.3 is 0 Å². The van der Waals surface area contributed by atoms with Gasteiger partial charge in [-0.3, -0.25) is 4.79 Å². The Bertz CT molecular complexity index is 943. The second-order valence-electron chi connectivity index (χ2n) is 4.72. The lowest BCUT2D eigenvalue weighted by Crippen LogP contribution is -2.11. The first kappa shape index (κ1) is 15.3. The number of rotatable bonds is 3. The van der Waals surface area contributed by atoms with E-state index in [-0.39, 0.29) is 5.91 Å². The zero-order chi connectivity index (χ0) is 16.4. The molecule has 1 N–H and O–H groups in total. The van der Waals surface area contributed by atoms with Crippen LogP contribution in [0.25, 0.3) is 10.1 Å². The molecule has 0 atom stereocenters. The number of thiophene rings is 1. The molecule has 0 aliphatic rings. The summed E-state index contributed by atoms with van der Waals surface area (Å²) in [5.74, 6) is 0.370. The number of hydrogen-bond donors (Lipinski definition) is 1. The van der Waals surface area contributed by atoms with E-state index >= 15 is 0 Å². The number of hydrogen-bond acceptors (Lipinski definition) is 4. The lowest BCUT2D eigenvalue weighted by atomic mass is 10.2. The van der Waals surface area contributed by atoms with Gasteiger partial charge in [-0.05, 0) is 30.3 Å². The number of nitrogens with one attached hydrogen (secondary N) is 1. The number of halogens is 1. The first-order chi connectivity index (χ1) is 11.1. The minimum Gasteiger partial charge on any atom is -0.497 e. The molecule has 0 fully saturated rings. The molecule has 1 heterocycles. The Morgan fingerprint density at radius 2 is 2.09 bits per heavy atom. The van der Waals surface area contributed by atoms with Gasteiger partial charge in [0.2, 0.25) is 0 Å². The first-order valence-electron chi connectivity index (χ1n) is 6.70. The van der Waals surface area contributed by atoms with E-state index in [1.54, 1.807) is 37.4 Å². The molecule has 23 heavy (non-hydrogen) atoms. The first-order valence-corrected chi connectivity index (χ1v) is 7.90. The number of ether oxygens (including phenoxy) is 1. The van der Waals surface area contributed by atoms with Crippen molar-refractivity contribution in [2.45, 2.75) is 0 Å². The number of fused-ring (bicyclic) bond motifs is 1. The Balaban J connectivity index is 1.98. The lowest BCUT2D eigenvalue weighted by Gasteiger charge is -2.05. The predicted octanol–water partition coefficient (Wildman–Crippen LogP) is 4.69. The van der Waals surface area contributed by atoms with Crippen LogP contribution in [0, 0.1) is 11.3 Å². The highest BCUT2D eigenvalue weighted by molar-refractivity contribution is 7.21. The van der Waals surface area contributed by atoms with Crippen LogP contribution in [-0.2, 0) is 0 Å². The lowest BCUT2D eigenvalue weighted by molar-refractivity contribution is 0.103. The Hall–Kier alpha value is -2.55. The Morgan fingerprint density at radius 3 is 2.83 bits per heavy atom. The fourth-order valence-electron chi connectivity index (χ4n) is 2.19. The minimum absolute atomic E-state index is 0.335. The van der Waals surface area contributed by atoms with Crippen molar-refractivity contribution in [3.63, 3.8) is 0 Å². The van der Waals surface area contributed by atoms with Gasteiger partial charge in [0, 0.05) is 10.1 Å². The number of amides is 1. The van der Waals surface area contributed by atoms with E-state index in [0.29, 0.717) is 26.9 Å². The molecule has 6 heteroatoms. The Morgan fingerprint density at radius 1 is 1.30 bits per heavy atom. The van der Waals surface area contributed by atoms with E-state index in [2.05, 4.69) is 5.32 Å². The molecule has 0 radical (unpaired) electrons. The summed E-state index contributed by atoms with van der Waals surface area (Å²) in [6.45, 7) is 0. The van der Waals surface area contributed by atoms with E-state index in [1.165, 1.54) is 11.3 Å². The molecule has 0 unspecified atom stereocenters. The highest BCUT2D eigenvalue weighted by atomic mass is 35.5. The van der Waals surface area contributed by atoms with E-state index in [0.717, 1.165) is 10.1 Å². The van der Waals surface area contributed by atoms with Gasteiger partial charge in [0.25, 0.3) is 5.91 Å². The molecule has 0 saturated carbocycles. The smallest absolute Gasteiger partial charge is 0.267 e. The summed E-state index contributed by atoms with van der Waals surface area (Å²) in [5, 5.41) is 13.0. The van der Waals surface area contributed by atoms with Crippen molar-refractivity contribution in [2.75, 3.05) is 12.4 Å². The number of carbonyl (C=O) groups is 1. The van der Waals surface area contributed by atoms with Gasteiger partial charge in [-0.15, -0.1) is 11.3 Å². The molecule has 3 aromatic rings. The zero-order valence-corrected chi connectivity index (χ0v) is 13.7. The molecule has 3 rings (SSSR count). The van der Waals surface area contributed by atoms with Crippen molar-refractivity contribution < 1.29 is 9.53 Å². The maximum Gasteiger partial charge on any atom is 0.267 e. The largest absolute Gasteiger partial charge is 0.497 e. The Kier molecular flexibility index (Phi) is 4.20. The average Bonchev–Trinajstić information content (AvgIpc) is 2.91. The van der Waals surface area contributed by atoms with Crippen LogP contribution in [0.15, 0.2) is 42.5 Å². The molecule has 2 aromatic carbocycles. The molecule has 0 spiro atoms. The van der Waals surface area contributed by atoms with Crippen molar-refractivity contribution in [3.05, 3.63) is 57.9 Å². The number of anilines is 1. The fraction of sp³-hybridized carbons (Fsp3) is 0.0588. The van der Waals surface area contributed by atoms with Crippen LogP contribution in [0.4, 0.5) is 5.69 Å². The molecular weight excluding hydrogens is 332 g/mol. The normalized spacial score (nSPS) is 10.3. The van der Waals surface area contributed by atoms with Gasteiger partial charge in [-0.1, -0.05) is 23.7 Å². The molecule has 0 aliphatic carbocycles. The second kappa shape index (κ2) is 6.29. The third-order valence-electron chi connectivity index (χ3n) is 3.34. The number of nitriles is 1. The predicted molar refractivity (Wildman–Crippen MR) is 92.5 cm³/mol. The monoisotopic (exact) mass is 342 g/mol. The maximum absolute atomic E-state index is 12.5. The maximum atomic E-state index is 12.5. The third-order valence-corrected chi connectivity index (χ3v) is 4.99. The van der Waals surface area contributed by atoms with Crippen LogP contribution in [0.1, 0.15) is 15.2 Å². The van der Waals surface area contributed by atoms with Crippen LogP contribution in [0.2, 0.25) is 5.02 Å². The molecule has 114 valence electrons. The highest BCUT2D eigenvalue weighted by Crippen LogP contribution is 2.37.